The summed E-state index contributed by atoms with van der Waals surface area (Å²) < 4.78 is 25.5. The largest absolute Gasteiger partial charge is 0.472 e. The third-order valence-electron chi connectivity index (χ3n) is 4.97. The lowest BCUT2D eigenvalue weighted by molar-refractivity contribution is -0.147. The molecule has 0 heterocycles. The molecule has 0 aromatic heterocycles. The lowest BCUT2D eigenvalue weighted by Gasteiger charge is -2.15. The average Bonchev–Trinajstić information content (AvgIpc) is 2.75. The lowest BCUT2D eigenvalue weighted by Crippen LogP contribution is -2.23. The van der Waals surface area contributed by atoms with Crippen molar-refractivity contribution in [2.45, 2.75) is 109 Å². The van der Waals surface area contributed by atoms with Gasteiger partial charge in [0.1, 0.15) is 12.7 Å². The molecule has 0 aliphatic heterocycles. The molecular weight excluding hydrogens is 421 g/mol. The van der Waals surface area contributed by atoms with Crippen LogP contribution < -0.4 is 5.73 Å². The molecule has 2 atom stereocenters. The highest BCUT2D eigenvalue weighted by atomic mass is 31.2. The molecule has 0 bridgehead atoms. The van der Waals surface area contributed by atoms with E-state index >= 15 is 0 Å². The molecule has 0 amide bonds. The third kappa shape index (κ3) is 22.5. The normalized spacial score (nSPS) is 14.3. The number of esters is 1. The van der Waals surface area contributed by atoms with Gasteiger partial charge in [0.15, 0.2) is 0 Å². The first-order chi connectivity index (χ1) is 14.9. The SMILES string of the molecule is CCCCCCCCCCCCCCCCC(=O)OCC(O)COP(=O)(O)OCCN. The molecule has 0 saturated carbocycles. The fourth-order valence-corrected chi connectivity index (χ4v) is 3.93. The van der Waals surface area contributed by atoms with E-state index in [0.717, 1.165) is 19.3 Å². The minimum atomic E-state index is -4.24. The number of rotatable bonds is 23. The van der Waals surface area contributed by atoms with Crippen molar-refractivity contribution in [3.8, 4) is 0 Å². The Bertz CT molecular complexity index is 465. The van der Waals surface area contributed by atoms with E-state index in [1.165, 1.54) is 70.6 Å². The number of carbonyl (C=O) groups excluding carboxylic acids is 1. The number of nitrogens with two attached hydrogens (primary N) is 1. The maximum absolute atomic E-state index is 11.7. The Morgan fingerprint density at radius 3 is 1.81 bits per heavy atom. The summed E-state index contributed by atoms with van der Waals surface area (Å²) in [5.74, 6) is -0.385. The number of unbranched alkanes of at least 4 members (excludes halogenated alkanes) is 13. The molecule has 31 heavy (non-hydrogen) atoms. The zero-order valence-corrected chi connectivity index (χ0v) is 20.4. The van der Waals surface area contributed by atoms with Crippen molar-refractivity contribution < 1.29 is 33.1 Å². The van der Waals surface area contributed by atoms with Crippen LogP contribution in [0.4, 0.5) is 0 Å². The van der Waals surface area contributed by atoms with Crippen molar-refractivity contribution in [2.75, 3.05) is 26.4 Å². The maximum Gasteiger partial charge on any atom is 0.472 e. The molecule has 0 aromatic rings. The van der Waals surface area contributed by atoms with Gasteiger partial charge >= 0.3 is 13.8 Å². The van der Waals surface area contributed by atoms with E-state index in [-0.39, 0.29) is 25.7 Å². The second kappa shape index (κ2) is 21.4. The smallest absolute Gasteiger partial charge is 0.463 e. The number of hydrogen-bond acceptors (Lipinski definition) is 7. The van der Waals surface area contributed by atoms with Crippen LogP contribution in [-0.2, 0) is 23.1 Å². The predicted octanol–water partition coefficient (Wildman–Crippen LogP) is 4.85. The Balaban J connectivity index is 3.43. The third-order valence-corrected chi connectivity index (χ3v) is 5.96. The molecule has 0 spiro atoms. The molecule has 0 aliphatic carbocycles. The maximum atomic E-state index is 11.7. The number of ether oxygens (including phenoxy) is 1. The van der Waals surface area contributed by atoms with Crippen molar-refractivity contribution in [3.63, 3.8) is 0 Å². The van der Waals surface area contributed by atoms with Crippen LogP contribution in [0, 0.1) is 0 Å². The van der Waals surface area contributed by atoms with E-state index in [4.69, 9.17) is 10.5 Å². The number of phosphoric acid groups is 1. The van der Waals surface area contributed by atoms with Crippen LogP contribution in [0.25, 0.3) is 0 Å². The minimum absolute atomic E-state index is 0.0767. The zero-order chi connectivity index (χ0) is 23.2. The van der Waals surface area contributed by atoms with Crippen LogP contribution in [0.1, 0.15) is 103 Å². The summed E-state index contributed by atoms with van der Waals surface area (Å²) in [6.45, 7) is 1.45. The predicted molar refractivity (Wildman–Crippen MR) is 123 cm³/mol. The highest BCUT2D eigenvalue weighted by Gasteiger charge is 2.22. The van der Waals surface area contributed by atoms with E-state index in [1.54, 1.807) is 0 Å². The van der Waals surface area contributed by atoms with Gasteiger partial charge in [0.05, 0.1) is 13.2 Å². The molecule has 0 radical (unpaired) electrons. The average molecular weight is 468 g/mol. The van der Waals surface area contributed by atoms with Crippen molar-refractivity contribution in [1.82, 2.24) is 0 Å². The molecule has 0 saturated heterocycles. The molecule has 8 nitrogen and oxygen atoms in total. The van der Waals surface area contributed by atoms with E-state index < -0.39 is 20.5 Å². The summed E-state index contributed by atoms with van der Waals surface area (Å²) in [4.78, 5) is 21.0. The first-order valence-electron chi connectivity index (χ1n) is 12.1. The van der Waals surface area contributed by atoms with Gasteiger partial charge in [0.2, 0.25) is 0 Å². The first kappa shape index (κ1) is 30.5. The lowest BCUT2D eigenvalue weighted by atomic mass is 10.0. The topological polar surface area (TPSA) is 128 Å². The zero-order valence-electron chi connectivity index (χ0n) is 19.5. The quantitative estimate of drug-likeness (QED) is 0.110. The fourth-order valence-electron chi connectivity index (χ4n) is 3.16. The summed E-state index contributed by atoms with van der Waals surface area (Å²) in [6.07, 6.45) is 16.6. The molecule has 186 valence electrons. The van der Waals surface area contributed by atoms with Crippen LogP contribution in [0.15, 0.2) is 0 Å². The molecule has 9 heteroatoms. The Hall–Kier alpha value is -0.500. The van der Waals surface area contributed by atoms with Crippen molar-refractivity contribution in [2.24, 2.45) is 5.73 Å². The highest BCUT2D eigenvalue weighted by Crippen LogP contribution is 2.42. The molecular formula is C22H46NO7P. The van der Waals surface area contributed by atoms with Crippen LogP contribution in [-0.4, -0.2) is 48.4 Å². The Morgan fingerprint density at radius 2 is 1.32 bits per heavy atom. The monoisotopic (exact) mass is 467 g/mol. The summed E-state index contributed by atoms with van der Waals surface area (Å²) >= 11 is 0. The van der Waals surface area contributed by atoms with Gasteiger partial charge in [0, 0.05) is 13.0 Å². The molecule has 0 aliphatic rings. The number of phosphoric ester groups is 1. The Morgan fingerprint density at radius 1 is 0.839 bits per heavy atom. The van der Waals surface area contributed by atoms with Gasteiger partial charge in [-0.3, -0.25) is 13.8 Å². The number of aliphatic hydroxyl groups is 1. The number of aliphatic hydroxyl groups excluding tert-OH is 1. The molecule has 0 rings (SSSR count). The van der Waals surface area contributed by atoms with Crippen LogP contribution in [0.2, 0.25) is 0 Å². The number of hydrogen-bond donors (Lipinski definition) is 3. The van der Waals surface area contributed by atoms with Gasteiger partial charge in [-0.05, 0) is 6.42 Å². The van der Waals surface area contributed by atoms with Gasteiger partial charge in [-0.1, -0.05) is 90.4 Å². The van der Waals surface area contributed by atoms with E-state index in [0.29, 0.717) is 6.42 Å². The van der Waals surface area contributed by atoms with Crippen LogP contribution in [0.5, 0.6) is 0 Å². The van der Waals surface area contributed by atoms with Gasteiger partial charge < -0.3 is 20.5 Å². The summed E-state index contributed by atoms with van der Waals surface area (Å²) in [7, 11) is -4.24. The van der Waals surface area contributed by atoms with Crippen LogP contribution >= 0.6 is 7.82 Å². The van der Waals surface area contributed by atoms with Gasteiger partial charge in [-0.15, -0.1) is 0 Å². The first-order valence-corrected chi connectivity index (χ1v) is 13.6. The standard InChI is InChI=1S/C22H46NO7P/c1-2-3-4-5-6-7-8-9-10-11-12-13-14-15-16-22(25)28-19-21(24)20-30-31(26,27)29-18-17-23/h21,24H,2-20,23H2,1H3,(H,26,27). The second-order valence-corrected chi connectivity index (χ2v) is 9.52. The number of carbonyl (C=O) groups is 1. The molecule has 2 unspecified atom stereocenters. The van der Waals surface area contributed by atoms with E-state index in [9.17, 15) is 19.4 Å². The fraction of sp³-hybridized carbons (Fsp3) is 0.955. The van der Waals surface area contributed by atoms with Gasteiger partial charge in [-0.25, -0.2) is 4.57 Å². The Labute approximate surface area is 188 Å². The molecule has 4 N–H and O–H groups in total. The minimum Gasteiger partial charge on any atom is -0.463 e. The summed E-state index contributed by atoms with van der Waals surface area (Å²) in [6, 6.07) is 0. The molecule has 0 aromatic carbocycles. The van der Waals surface area contributed by atoms with Crippen molar-refractivity contribution in [3.05, 3.63) is 0 Å². The second-order valence-electron chi connectivity index (χ2n) is 8.07. The summed E-state index contributed by atoms with van der Waals surface area (Å²) in [5.41, 5.74) is 5.16. The molecule has 0 fully saturated rings. The highest BCUT2D eigenvalue weighted by molar-refractivity contribution is 7.47. The van der Waals surface area contributed by atoms with Gasteiger partial charge in [-0.2, -0.15) is 0 Å². The van der Waals surface area contributed by atoms with Crippen molar-refractivity contribution in [1.29, 1.82) is 0 Å². The summed E-state index contributed by atoms with van der Waals surface area (Å²) in [5, 5.41) is 9.67. The van der Waals surface area contributed by atoms with E-state index in [2.05, 4.69) is 16.0 Å². The van der Waals surface area contributed by atoms with Crippen LogP contribution in [0.3, 0.4) is 0 Å². The Kier molecular flexibility index (Phi) is 21.0. The van der Waals surface area contributed by atoms with E-state index in [1.807, 2.05) is 0 Å². The van der Waals surface area contributed by atoms with Crippen molar-refractivity contribution >= 4 is 13.8 Å². The van der Waals surface area contributed by atoms with Gasteiger partial charge in [0.25, 0.3) is 0 Å².